The second kappa shape index (κ2) is 10.5. The molecular formula is C25H29N3O5S. The number of piperidine rings is 1. The summed E-state index contributed by atoms with van der Waals surface area (Å²) < 4.78 is 10.2. The number of carbonyl (C=O) groups is 3. The molecule has 180 valence electrons. The van der Waals surface area contributed by atoms with Crippen molar-refractivity contribution >= 4 is 39.8 Å². The molecule has 3 heterocycles. The Morgan fingerprint density at radius 1 is 1.38 bits per heavy atom. The molecular weight excluding hydrogens is 454 g/mol. The third-order valence-corrected chi connectivity index (χ3v) is 7.89. The highest BCUT2D eigenvalue weighted by molar-refractivity contribution is 8.14. The average molecular weight is 484 g/mol. The zero-order chi connectivity index (χ0) is 24.2. The molecule has 34 heavy (non-hydrogen) atoms. The van der Waals surface area contributed by atoms with Crippen molar-refractivity contribution in [2.75, 3.05) is 26.8 Å². The summed E-state index contributed by atoms with van der Waals surface area (Å²) in [6.07, 6.45) is 5.33. The number of nitrogens with zero attached hydrogens (tertiary/aromatic N) is 2. The molecule has 2 fully saturated rings. The van der Waals surface area contributed by atoms with Gasteiger partial charge in [0.1, 0.15) is 5.75 Å². The number of rotatable bonds is 8. The molecule has 0 radical (unpaired) electrons. The Balaban J connectivity index is 1.51. The second-order valence-corrected chi connectivity index (χ2v) is 9.71. The summed E-state index contributed by atoms with van der Waals surface area (Å²) in [6.45, 7) is 6.06. The van der Waals surface area contributed by atoms with Crippen LogP contribution >= 0.6 is 11.8 Å². The molecule has 0 bridgehead atoms. The lowest BCUT2D eigenvalue weighted by atomic mass is 9.79. The first-order valence-corrected chi connectivity index (χ1v) is 12.2. The van der Waals surface area contributed by atoms with Crippen molar-refractivity contribution in [2.24, 2.45) is 11.8 Å². The fourth-order valence-electron chi connectivity index (χ4n) is 4.87. The quantitative estimate of drug-likeness (QED) is 0.451. The highest BCUT2D eigenvalue weighted by atomic mass is 32.2. The summed E-state index contributed by atoms with van der Waals surface area (Å²) in [6, 6.07) is 7.86. The van der Waals surface area contributed by atoms with E-state index < -0.39 is 5.97 Å². The van der Waals surface area contributed by atoms with Crippen LogP contribution in [0.4, 0.5) is 4.79 Å². The minimum absolute atomic E-state index is 0.0167. The second-order valence-electron chi connectivity index (χ2n) is 8.62. The maximum atomic E-state index is 12.9. The zero-order valence-corrected chi connectivity index (χ0v) is 20.2. The summed E-state index contributed by atoms with van der Waals surface area (Å²) in [4.78, 5) is 42.3. The Labute approximate surface area is 203 Å². The van der Waals surface area contributed by atoms with Crippen LogP contribution in [-0.2, 0) is 14.3 Å². The highest BCUT2D eigenvalue weighted by Gasteiger charge is 2.46. The van der Waals surface area contributed by atoms with Gasteiger partial charge in [-0.3, -0.25) is 19.4 Å². The molecule has 4 rings (SSSR count). The Morgan fingerprint density at radius 3 is 2.94 bits per heavy atom. The van der Waals surface area contributed by atoms with Gasteiger partial charge in [0.15, 0.2) is 6.61 Å². The van der Waals surface area contributed by atoms with E-state index in [-0.39, 0.29) is 40.9 Å². The molecule has 1 N–H and O–H groups in total. The molecule has 2 aliphatic rings. The number of amides is 2. The molecule has 4 atom stereocenters. The van der Waals surface area contributed by atoms with E-state index in [1.807, 2.05) is 35.2 Å². The van der Waals surface area contributed by atoms with Crippen molar-refractivity contribution in [1.82, 2.24) is 15.2 Å². The van der Waals surface area contributed by atoms with Crippen molar-refractivity contribution in [3.05, 3.63) is 48.7 Å². The number of fused-ring (bicyclic) bond motifs is 2. The van der Waals surface area contributed by atoms with E-state index in [0.717, 1.165) is 35.1 Å². The molecule has 1 aromatic carbocycles. The van der Waals surface area contributed by atoms with Gasteiger partial charge in [0.2, 0.25) is 0 Å². The summed E-state index contributed by atoms with van der Waals surface area (Å²) in [5.41, 5.74) is 1.96. The van der Waals surface area contributed by atoms with Gasteiger partial charge in [-0.1, -0.05) is 17.8 Å². The average Bonchev–Trinajstić information content (AvgIpc) is 3.18. The van der Waals surface area contributed by atoms with Crippen LogP contribution in [0.3, 0.4) is 0 Å². The molecule has 8 nitrogen and oxygen atoms in total. The summed E-state index contributed by atoms with van der Waals surface area (Å²) in [5, 5.41) is 3.92. The van der Waals surface area contributed by atoms with Crippen molar-refractivity contribution in [3.8, 4) is 5.75 Å². The van der Waals surface area contributed by atoms with Gasteiger partial charge < -0.3 is 19.7 Å². The van der Waals surface area contributed by atoms with E-state index in [4.69, 9.17) is 9.47 Å². The first-order valence-electron chi connectivity index (χ1n) is 11.3. The normalized spacial score (nSPS) is 22.7. The number of esters is 1. The van der Waals surface area contributed by atoms with Crippen LogP contribution in [0.5, 0.6) is 5.75 Å². The lowest BCUT2D eigenvalue weighted by molar-refractivity contribution is -0.146. The van der Waals surface area contributed by atoms with Gasteiger partial charge in [-0.05, 0) is 54.5 Å². The van der Waals surface area contributed by atoms with Crippen LogP contribution in [-0.4, -0.2) is 59.8 Å². The third kappa shape index (κ3) is 5.04. The maximum absolute atomic E-state index is 12.9. The number of hydrogen-bond acceptors (Lipinski definition) is 7. The third-order valence-electron chi connectivity index (χ3n) is 6.64. The monoisotopic (exact) mass is 483 g/mol. The summed E-state index contributed by atoms with van der Waals surface area (Å²) >= 11 is 1.38. The van der Waals surface area contributed by atoms with E-state index in [1.165, 1.54) is 18.7 Å². The van der Waals surface area contributed by atoms with Crippen molar-refractivity contribution in [2.45, 2.75) is 31.1 Å². The van der Waals surface area contributed by atoms with Gasteiger partial charge in [-0.25, -0.2) is 0 Å². The lowest BCUT2D eigenvalue weighted by Crippen LogP contribution is -2.45. The first-order chi connectivity index (χ1) is 16.4. The van der Waals surface area contributed by atoms with E-state index in [2.05, 4.69) is 16.9 Å². The zero-order valence-electron chi connectivity index (χ0n) is 19.4. The van der Waals surface area contributed by atoms with Crippen LogP contribution < -0.4 is 10.1 Å². The highest BCUT2D eigenvalue weighted by Crippen LogP contribution is 2.50. The van der Waals surface area contributed by atoms with Gasteiger partial charge in [0.05, 0.1) is 17.9 Å². The lowest BCUT2D eigenvalue weighted by Gasteiger charge is -2.39. The van der Waals surface area contributed by atoms with E-state index >= 15 is 0 Å². The van der Waals surface area contributed by atoms with Gasteiger partial charge in [-0.2, -0.15) is 0 Å². The number of hydrogen-bond donors (Lipinski definition) is 1. The number of carbonyl (C=O) groups excluding carboxylic acids is 3. The molecule has 9 heteroatoms. The number of methoxy groups -OCH3 is 1. The minimum atomic E-state index is -0.488. The number of pyridine rings is 1. The van der Waals surface area contributed by atoms with Gasteiger partial charge >= 0.3 is 5.97 Å². The topological polar surface area (TPSA) is 97.8 Å². The molecule has 4 unspecified atom stereocenters. The van der Waals surface area contributed by atoms with Crippen molar-refractivity contribution in [3.63, 3.8) is 0 Å². The van der Waals surface area contributed by atoms with E-state index in [9.17, 15) is 14.4 Å². The molecule has 2 saturated heterocycles. The maximum Gasteiger partial charge on any atom is 0.303 e. The Hall–Kier alpha value is -3.07. The van der Waals surface area contributed by atoms with Crippen LogP contribution in [0.2, 0.25) is 0 Å². The predicted molar refractivity (Wildman–Crippen MR) is 131 cm³/mol. The van der Waals surface area contributed by atoms with Crippen molar-refractivity contribution in [1.29, 1.82) is 0 Å². The predicted octanol–water partition coefficient (Wildman–Crippen LogP) is 3.71. The Kier molecular flexibility index (Phi) is 7.41. The smallest absolute Gasteiger partial charge is 0.303 e. The largest absolute Gasteiger partial charge is 0.497 e. The van der Waals surface area contributed by atoms with E-state index in [0.29, 0.717) is 13.1 Å². The molecule has 0 spiro atoms. The van der Waals surface area contributed by atoms with Gasteiger partial charge in [0.25, 0.3) is 11.1 Å². The number of ether oxygens (including phenoxy) is 2. The van der Waals surface area contributed by atoms with Crippen LogP contribution in [0.25, 0.3) is 10.9 Å². The van der Waals surface area contributed by atoms with Crippen LogP contribution in [0, 0.1) is 11.8 Å². The summed E-state index contributed by atoms with van der Waals surface area (Å²) in [5.74, 6) is 0.258. The van der Waals surface area contributed by atoms with E-state index in [1.54, 1.807) is 13.3 Å². The van der Waals surface area contributed by atoms with Crippen LogP contribution in [0.15, 0.2) is 43.1 Å². The number of aromatic nitrogens is 1. The first kappa shape index (κ1) is 24.1. The minimum Gasteiger partial charge on any atom is -0.497 e. The van der Waals surface area contributed by atoms with Crippen molar-refractivity contribution < 1.29 is 23.9 Å². The van der Waals surface area contributed by atoms with Crippen LogP contribution in [0.1, 0.15) is 30.6 Å². The number of thioether (sulfide) groups is 1. The fraction of sp³-hybridized carbons (Fsp3) is 0.440. The number of benzene rings is 1. The molecule has 2 amide bonds. The Bertz CT molecular complexity index is 1110. The van der Waals surface area contributed by atoms with Gasteiger partial charge in [0, 0.05) is 37.6 Å². The molecule has 2 aromatic rings. The Morgan fingerprint density at radius 2 is 2.21 bits per heavy atom. The number of nitrogens with one attached hydrogen (secondary N) is 1. The standard InChI is InChI=1S/C25H29N3O5S/c1-4-16(13-27-23(30)14-33-15(2)29)17-8-10-28-22(11-17)24(34-25(28)31)19-7-9-26-21-6-5-18(32-3)12-20(19)21/h4-7,9,12,16-17,22,24H,1,8,10-11,13-14H2,2-3H3,(H,27,30). The SMILES string of the molecule is C=CC(CNC(=O)COC(C)=O)C1CCN2C(=O)SC(c3ccnc4ccc(OC)cc34)C2C1. The molecule has 0 saturated carbocycles. The van der Waals surface area contributed by atoms with Gasteiger partial charge in [-0.15, -0.1) is 6.58 Å². The molecule has 1 aromatic heterocycles. The summed E-state index contributed by atoms with van der Waals surface area (Å²) in [7, 11) is 1.64. The fourth-order valence-corrected chi connectivity index (χ4v) is 6.20. The molecule has 0 aliphatic carbocycles. The molecule has 2 aliphatic heterocycles.